The maximum atomic E-state index is 4.67. The number of nitrogens with zero attached hydrogens (tertiary/aromatic N) is 3. The van der Waals surface area contributed by atoms with Crippen molar-refractivity contribution in [1.29, 1.82) is 0 Å². The van der Waals surface area contributed by atoms with Crippen molar-refractivity contribution in [1.82, 2.24) is 9.88 Å². The Hall–Kier alpha value is -1.87. The Morgan fingerprint density at radius 1 is 0.848 bits per heavy atom. The number of anilines is 1. The minimum Gasteiger partial charge on any atom is -0.356 e. The zero-order valence-electron chi connectivity index (χ0n) is 21.8. The molecule has 33 heavy (non-hydrogen) atoms. The molecule has 0 saturated carbocycles. The number of hydrogen-bond acceptors (Lipinski definition) is 3. The van der Waals surface area contributed by atoms with Gasteiger partial charge in [-0.2, -0.15) is 0 Å². The molecular weight excluding hydrogens is 402 g/mol. The van der Waals surface area contributed by atoms with Crippen molar-refractivity contribution < 1.29 is 0 Å². The molecule has 0 bridgehead atoms. The number of aromatic nitrogens is 1. The lowest BCUT2D eigenvalue weighted by atomic mass is 9.72. The Labute approximate surface area is 202 Å². The molecule has 4 rings (SSSR count). The molecule has 2 aliphatic heterocycles. The molecule has 3 atom stereocenters. The molecule has 1 aromatic heterocycles. The van der Waals surface area contributed by atoms with E-state index in [1.807, 2.05) is 12.3 Å². The summed E-state index contributed by atoms with van der Waals surface area (Å²) in [7, 11) is 0. The fourth-order valence-electron chi connectivity index (χ4n) is 5.76. The highest BCUT2D eigenvalue weighted by Gasteiger charge is 2.35. The molecule has 0 N–H and O–H groups in total. The Morgan fingerprint density at radius 3 is 2.21 bits per heavy atom. The predicted molar refractivity (Wildman–Crippen MR) is 141 cm³/mol. The van der Waals surface area contributed by atoms with Crippen LogP contribution in [0.15, 0.2) is 48.7 Å². The minimum absolute atomic E-state index is 0.295. The maximum absolute atomic E-state index is 4.67. The van der Waals surface area contributed by atoms with Crippen LogP contribution in [0.4, 0.5) is 5.82 Å². The third kappa shape index (κ3) is 6.18. The molecular formula is C30H45N3. The van der Waals surface area contributed by atoms with Gasteiger partial charge in [0.1, 0.15) is 5.82 Å². The fraction of sp³-hybridized carbons (Fsp3) is 0.633. The molecule has 2 aliphatic rings. The molecule has 3 heterocycles. The van der Waals surface area contributed by atoms with E-state index in [9.17, 15) is 0 Å². The number of pyridine rings is 1. The van der Waals surface area contributed by atoms with Crippen LogP contribution in [0.25, 0.3) is 0 Å². The quantitative estimate of drug-likeness (QED) is 0.503. The summed E-state index contributed by atoms with van der Waals surface area (Å²) in [6.45, 7) is 20.1. The summed E-state index contributed by atoms with van der Waals surface area (Å²) in [5.74, 6) is 3.13. The van der Waals surface area contributed by atoms with E-state index in [4.69, 9.17) is 0 Å². The van der Waals surface area contributed by atoms with Crippen LogP contribution in [0, 0.1) is 22.7 Å². The second kappa shape index (κ2) is 9.78. The van der Waals surface area contributed by atoms with Crippen molar-refractivity contribution >= 4 is 5.82 Å². The third-order valence-electron chi connectivity index (χ3n) is 8.24. The fourth-order valence-corrected chi connectivity index (χ4v) is 5.76. The number of rotatable bonds is 4. The maximum Gasteiger partial charge on any atom is 0.128 e. The Kier molecular flexibility index (Phi) is 7.19. The zero-order chi connectivity index (χ0) is 23.6. The molecule has 0 amide bonds. The summed E-state index contributed by atoms with van der Waals surface area (Å²) in [5, 5.41) is 0. The van der Waals surface area contributed by atoms with Crippen molar-refractivity contribution in [3.05, 3.63) is 59.8 Å². The van der Waals surface area contributed by atoms with E-state index in [0.717, 1.165) is 31.4 Å². The van der Waals surface area contributed by atoms with Gasteiger partial charge in [0, 0.05) is 38.3 Å². The highest BCUT2D eigenvalue weighted by molar-refractivity contribution is 5.40. The minimum atomic E-state index is 0.295. The Morgan fingerprint density at radius 2 is 1.58 bits per heavy atom. The van der Waals surface area contributed by atoms with Gasteiger partial charge in [-0.1, -0.05) is 71.9 Å². The molecule has 0 spiro atoms. The van der Waals surface area contributed by atoms with Gasteiger partial charge in [0.2, 0.25) is 0 Å². The van der Waals surface area contributed by atoms with Gasteiger partial charge in [-0.05, 0) is 71.7 Å². The lowest BCUT2D eigenvalue weighted by Gasteiger charge is -2.44. The first-order valence-electron chi connectivity index (χ1n) is 13.1. The lowest BCUT2D eigenvalue weighted by molar-refractivity contribution is 0.0943. The van der Waals surface area contributed by atoms with Gasteiger partial charge in [-0.3, -0.25) is 4.90 Å². The van der Waals surface area contributed by atoms with Gasteiger partial charge >= 0.3 is 0 Å². The van der Waals surface area contributed by atoms with Crippen LogP contribution in [0.5, 0.6) is 0 Å². The topological polar surface area (TPSA) is 19.4 Å². The zero-order valence-corrected chi connectivity index (χ0v) is 21.8. The second-order valence-electron chi connectivity index (χ2n) is 12.8. The number of piperidine rings is 2. The van der Waals surface area contributed by atoms with E-state index in [1.54, 1.807) is 0 Å². The molecule has 3 unspecified atom stereocenters. The van der Waals surface area contributed by atoms with Crippen molar-refractivity contribution in [3.63, 3.8) is 0 Å². The van der Waals surface area contributed by atoms with Crippen LogP contribution < -0.4 is 4.90 Å². The van der Waals surface area contributed by atoms with Crippen LogP contribution >= 0.6 is 0 Å². The average molecular weight is 448 g/mol. The average Bonchev–Trinajstić information content (AvgIpc) is 2.79. The van der Waals surface area contributed by atoms with Crippen LogP contribution in [0.2, 0.25) is 0 Å². The van der Waals surface area contributed by atoms with E-state index < -0.39 is 0 Å². The van der Waals surface area contributed by atoms with Gasteiger partial charge < -0.3 is 4.90 Å². The number of hydrogen-bond donors (Lipinski definition) is 0. The van der Waals surface area contributed by atoms with Gasteiger partial charge in [0.05, 0.1) is 0 Å². The van der Waals surface area contributed by atoms with Gasteiger partial charge in [0.25, 0.3) is 0 Å². The van der Waals surface area contributed by atoms with E-state index in [1.165, 1.54) is 43.5 Å². The summed E-state index contributed by atoms with van der Waals surface area (Å²) < 4.78 is 0. The van der Waals surface area contributed by atoms with E-state index in [2.05, 4.69) is 92.7 Å². The molecule has 3 nitrogen and oxygen atoms in total. The van der Waals surface area contributed by atoms with Crippen molar-refractivity contribution in [2.45, 2.75) is 73.3 Å². The van der Waals surface area contributed by atoms with Crippen molar-refractivity contribution in [2.75, 3.05) is 31.1 Å². The molecule has 180 valence electrons. The number of benzene rings is 1. The normalized spacial score (nSPS) is 25.3. The SMILES string of the molecule is CC(C)(C)C1CCCN(Cc2ccc(C3CC(C(C)(C)C)CN(c4ccccn4)C3)cc2)C1. The standard InChI is InChI=1S/C30H45N3/c1-29(2,3)26-10-9-17-32(21-26)19-23-12-14-24(15-13-23)25-18-27(30(4,5)6)22-33(20-25)28-11-7-8-16-31-28/h7-8,11-16,25-27H,9-10,17-22H2,1-6H3. The Balaban J connectivity index is 1.45. The van der Waals surface area contributed by atoms with Gasteiger partial charge in [-0.25, -0.2) is 4.98 Å². The molecule has 0 radical (unpaired) electrons. The first-order chi connectivity index (χ1) is 15.6. The van der Waals surface area contributed by atoms with Crippen LogP contribution in [0.3, 0.4) is 0 Å². The summed E-state index contributed by atoms with van der Waals surface area (Å²) in [5.41, 5.74) is 3.65. The summed E-state index contributed by atoms with van der Waals surface area (Å²) in [6.07, 6.45) is 5.89. The smallest absolute Gasteiger partial charge is 0.128 e. The van der Waals surface area contributed by atoms with Crippen molar-refractivity contribution in [3.8, 4) is 0 Å². The largest absolute Gasteiger partial charge is 0.356 e. The lowest BCUT2D eigenvalue weighted by Crippen LogP contribution is -2.44. The molecule has 2 saturated heterocycles. The van der Waals surface area contributed by atoms with Crippen LogP contribution in [0.1, 0.15) is 77.8 Å². The summed E-state index contributed by atoms with van der Waals surface area (Å²) >= 11 is 0. The highest BCUT2D eigenvalue weighted by atomic mass is 15.2. The monoisotopic (exact) mass is 447 g/mol. The van der Waals surface area contributed by atoms with Gasteiger partial charge in [-0.15, -0.1) is 0 Å². The third-order valence-corrected chi connectivity index (χ3v) is 8.24. The van der Waals surface area contributed by atoms with E-state index in [0.29, 0.717) is 22.7 Å². The first-order valence-corrected chi connectivity index (χ1v) is 13.1. The molecule has 1 aromatic carbocycles. The van der Waals surface area contributed by atoms with Crippen LogP contribution in [-0.2, 0) is 6.54 Å². The Bertz CT molecular complexity index is 875. The molecule has 2 fully saturated rings. The van der Waals surface area contributed by atoms with Crippen LogP contribution in [-0.4, -0.2) is 36.1 Å². The second-order valence-corrected chi connectivity index (χ2v) is 12.8. The van der Waals surface area contributed by atoms with E-state index in [-0.39, 0.29) is 0 Å². The molecule has 2 aromatic rings. The predicted octanol–water partition coefficient (Wildman–Crippen LogP) is 7.00. The van der Waals surface area contributed by atoms with E-state index >= 15 is 0 Å². The number of likely N-dealkylation sites (tertiary alicyclic amines) is 1. The summed E-state index contributed by atoms with van der Waals surface area (Å²) in [4.78, 5) is 9.86. The molecule has 0 aliphatic carbocycles. The molecule has 3 heteroatoms. The van der Waals surface area contributed by atoms with Crippen molar-refractivity contribution in [2.24, 2.45) is 22.7 Å². The first kappa shape index (κ1) is 24.3. The summed E-state index contributed by atoms with van der Waals surface area (Å²) in [6, 6.07) is 15.9. The highest BCUT2D eigenvalue weighted by Crippen LogP contribution is 2.40. The van der Waals surface area contributed by atoms with Gasteiger partial charge in [0.15, 0.2) is 0 Å².